The number of thiocarbonyl (C=S) groups is 1. The first-order chi connectivity index (χ1) is 9.04. The van der Waals surface area contributed by atoms with Crippen molar-refractivity contribution in [1.82, 2.24) is 4.57 Å². The Bertz CT molecular complexity index is 672. The molecule has 0 unspecified atom stereocenters. The number of pyridine rings is 1. The van der Waals surface area contributed by atoms with Crippen molar-refractivity contribution in [3.05, 3.63) is 57.9 Å². The predicted molar refractivity (Wildman–Crippen MR) is 82.4 cm³/mol. The molecule has 1 aromatic carbocycles. The van der Waals surface area contributed by atoms with Crippen LogP contribution in [0.3, 0.4) is 0 Å². The molecule has 0 radical (unpaired) electrons. The Labute approximate surface area is 117 Å². The van der Waals surface area contributed by atoms with Gasteiger partial charge >= 0.3 is 0 Å². The fourth-order valence-corrected chi connectivity index (χ4v) is 2.21. The molecule has 3 nitrogen and oxygen atoms in total. The normalized spacial score (nSPS) is 10.4. The number of rotatable bonds is 3. The van der Waals surface area contributed by atoms with E-state index in [-0.39, 0.29) is 10.5 Å². The third-order valence-electron chi connectivity index (χ3n) is 3.10. The molecule has 1 heterocycles. The molecule has 19 heavy (non-hydrogen) atoms. The molecule has 0 amide bonds. The Morgan fingerprint density at radius 1 is 1.21 bits per heavy atom. The van der Waals surface area contributed by atoms with Crippen molar-refractivity contribution in [2.24, 2.45) is 5.73 Å². The average molecular weight is 272 g/mol. The van der Waals surface area contributed by atoms with Crippen LogP contribution in [0.15, 0.2) is 41.2 Å². The number of aryl methyl sites for hydroxylation is 1. The highest BCUT2D eigenvalue weighted by Gasteiger charge is 2.10. The van der Waals surface area contributed by atoms with Crippen LogP contribution in [-0.2, 0) is 6.54 Å². The zero-order valence-electron chi connectivity index (χ0n) is 11.0. The van der Waals surface area contributed by atoms with Gasteiger partial charge in [0, 0.05) is 6.54 Å². The molecule has 2 rings (SSSR count). The lowest BCUT2D eigenvalue weighted by atomic mass is 10.1. The van der Waals surface area contributed by atoms with Crippen LogP contribution in [0, 0.1) is 6.92 Å². The van der Waals surface area contributed by atoms with Crippen molar-refractivity contribution in [3.63, 3.8) is 0 Å². The van der Waals surface area contributed by atoms with Crippen molar-refractivity contribution in [3.8, 4) is 11.3 Å². The zero-order valence-corrected chi connectivity index (χ0v) is 11.8. The smallest absolute Gasteiger partial charge is 0.261 e. The van der Waals surface area contributed by atoms with Crippen LogP contribution in [-0.4, -0.2) is 9.56 Å². The fraction of sp³-hybridized carbons (Fsp3) is 0.200. The van der Waals surface area contributed by atoms with Gasteiger partial charge in [0.1, 0.15) is 4.99 Å². The van der Waals surface area contributed by atoms with E-state index in [1.165, 1.54) is 5.56 Å². The van der Waals surface area contributed by atoms with Gasteiger partial charge in [-0.05, 0) is 31.5 Å². The lowest BCUT2D eigenvalue weighted by Crippen LogP contribution is -2.29. The van der Waals surface area contributed by atoms with Gasteiger partial charge in [-0.25, -0.2) is 0 Å². The molecule has 0 fully saturated rings. The third kappa shape index (κ3) is 2.58. The molecule has 0 atom stereocenters. The van der Waals surface area contributed by atoms with Crippen LogP contribution < -0.4 is 11.3 Å². The maximum atomic E-state index is 12.3. The molecule has 1 aromatic heterocycles. The molecule has 2 aromatic rings. The highest BCUT2D eigenvalue weighted by Crippen LogP contribution is 2.19. The Morgan fingerprint density at radius 2 is 1.84 bits per heavy atom. The fourth-order valence-electron chi connectivity index (χ4n) is 2.06. The quantitative estimate of drug-likeness (QED) is 0.873. The van der Waals surface area contributed by atoms with Gasteiger partial charge in [0.05, 0.1) is 11.3 Å². The second kappa shape index (κ2) is 5.36. The largest absolute Gasteiger partial charge is 0.389 e. The standard InChI is InChI=1S/C15H16N2OS/c1-3-17-13(11-6-4-10(2)5-7-11)9-8-12(14(16)19)15(17)18/h4-9H,3H2,1-2H3,(H2,16,19). The van der Waals surface area contributed by atoms with Crippen molar-refractivity contribution in [1.29, 1.82) is 0 Å². The summed E-state index contributed by atoms with van der Waals surface area (Å²) >= 11 is 4.90. The van der Waals surface area contributed by atoms with Gasteiger partial charge in [0.2, 0.25) is 0 Å². The summed E-state index contributed by atoms with van der Waals surface area (Å²) in [5, 5.41) is 0. The highest BCUT2D eigenvalue weighted by molar-refractivity contribution is 7.80. The molecular formula is C15H16N2OS. The lowest BCUT2D eigenvalue weighted by Gasteiger charge is -2.13. The van der Waals surface area contributed by atoms with Crippen molar-refractivity contribution in [2.45, 2.75) is 20.4 Å². The van der Waals surface area contributed by atoms with E-state index in [4.69, 9.17) is 18.0 Å². The summed E-state index contributed by atoms with van der Waals surface area (Å²) < 4.78 is 1.69. The van der Waals surface area contributed by atoms with Crippen LogP contribution in [0.4, 0.5) is 0 Å². The highest BCUT2D eigenvalue weighted by atomic mass is 32.1. The topological polar surface area (TPSA) is 48.0 Å². The number of nitrogens with two attached hydrogens (primary N) is 1. The van der Waals surface area contributed by atoms with Gasteiger partial charge in [-0.1, -0.05) is 42.0 Å². The molecule has 0 saturated carbocycles. The molecule has 0 aliphatic rings. The van der Waals surface area contributed by atoms with Gasteiger partial charge in [0.15, 0.2) is 0 Å². The van der Waals surface area contributed by atoms with E-state index in [1.54, 1.807) is 10.6 Å². The summed E-state index contributed by atoms with van der Waals surface area (Å²) in [4.78, 5) is 12.4. The van der Waals surface area contributed by atoms with Crippen molar-refractivity contribution in [2.75, 3.05) is 0 Å². The van der Waals surface area contributed by atoms with Gasteiger partial charge in [-0.15, -0.1) is 0 Å². The van der Waals surface area contributed by atoms with Gasteiger partial charge < -0.3 is 10.3 Å². The van der Waals surface area contributed by atoms with E-state index in [1.807, 2.05) is 44.2 Å². The van der Waals surface area contributed by atoms with E-state index < -0.39 is 0 Å². The molecule has 0 saturated heterocycles. The Morgan fingerprint density at radius 3 is 2.37 bits per heavy atom. The predicted octanol–water partition coefficient (Wildman–Crippen LogP) is 2.48. The van der Waals surface area contributed by atoms with Crippen LogP contribution in [0.25, 0.3) is 11.3 Å². The maximum absolute atomic E-state index is 12.3. The summed E-state index contributed by atoms with van der Waals surface area (Å²) in [7, 11) is 0. The average Bonchev–Trinajstić information content (AvgIpc) is 2.38. The van der Waals surface area contributed by atoms with E-state index in [0.29, 0.717) is 12.1 Å². The first-order valence-electron chi connectivity index (χ1n) is 6.15. The van der Waals surface area contributed by atoms with Crippen LogP contribution in [0.1, 0.15) is 18.1 Å². The number of hydrogen-bond acceptors (Lipinski definition) is 2. The maximum Gasteiger partial charge on any atom is 0.261 e. The molecule has 2 N–H and O–H groups in total. The first-order valence-corrected chi connectivity index (χ1v) is 6.56. The minimum Gasteiger partial charge on any atom is -0.389 e. The van der Waals surface area contributed by atoms with E-state index in [9.17, 15) is 4.79 Å². The minimum atomic E-state index is -0.131. The SMILES string of the molecule is CCn1c(-c2ccc(C)cc2)ccc(C(N)=S)c1=O. The third-order valence-corrected chi connectivity index (χ3v) is 3.32. The number of aromatic nitrogens is 1. The van der Waals surface area contributed by atoms with Crippen LogP contribution in [0.2, 0.25) is 0 Å². The molecule has 0 bridgehead atoms. The minimum absolute atomic E-state index is 0.131. The van der Waals surface area contributed by atoms with Crippen molar-refractivity contribution >= 4 is 17.2 Å². The van der Waals surface area contributed by atoms with E-state index in [0.717, 1.165) is 11.3 Å². The summed E-state index contributed by atoms with van der Waals surface area (Å²) in [6.45, 7) is 4.55. The monoisotopic (exact) mass is 272 g/mol. The Hall–Kier alpha value is -1.94. The van der Waals surface area contributed by atoms with Gasteiger partial charge in [0.25, 0.3) is 5.56 Å². The molecule has 0 aliphatic heterocycles. The first kappa shape index (κ1) is 13.5. The summed E-state index contributed by atoms with van der Waals surface area (Å²) in [6, 6.07) is 11.7. The number of nitrogens with zero attached hydrogens (tertiary/aromatic N) is 1. The zero-order chi connectivity index (χ0) is 14.0. The van der Waals surface area contributed by atoms with Crippen LogP contribution >= 0.6 is 12.2 Å². The molecule has 0 spiro atoms. The Kier molecular flexibility index (Phi) is 3.81. The molecule has 4 heteroatoms. The van der Waals surface area contributed by atoms with Gasteiger partial charge in [-0.2, -0.15) is 0 Å². The van der Waals surface area contributed by atoms with Gasteiger partial charge in [-0.3, -0.25) is 4.79 Å². The molecular weight excluding hydrogens is 256 g/mol. The number of hydrogen-bond donors (Lipinski definition) is 1. The van der Waals surface area contributed by atoms with E-state index in [2.05, 4.69) is 0 Å². The summed E-state index contributed by atoms with van der Waals surface area (Å²) in [5.41, 5.74) is 8.91. The van der Waals surface area contributed by atoms with E-state index >= 15 is 0 Å². The molecule has 0 aliphatic carbocycles. The summed E-state index contributed by atoms with van der Waals surface area (Å²) in [5.74, 6) is 0. The summed E-state index contributed by atoms with van der Waals surface area (Å²) in [6.07, 6.45) is 0. The second-order valence-corrected chi connectivity index (χ2v) is 4.85. The Balaban J connectivity index is 2.65. The van der Waals surface area contributed by atoms with Crippen molar-refractivity contribution < 1.29 is 0 Å². The second-order valence-electron chi connectivity index (χ2n) is 4.41. The van der Waals surface area contributed by atoms with Crippen LogP contribution in [0.5, 0.6) is 0 Å². The molecule has 98 valence electrons. The number of benzene rings is 1. The lowest BCUT2D eigenvalue weighted by molar-refractivity contribution is 0.734.